The Labute approximate surface area is 767 Å². The van der Waals surface area contributed by atoms with Gasteiger partial charge in [-0.05, 0) is 124 Å². The number of nitrogens with zero attached hydrogens (tertiary/aromatic N) is 9. The van der Waals surface area contributed by atoms with E-state index in [1.807, 2.05) is 35.5 Å². The van der Waals surface area contributed by atoms with Gasteiger partial charge in [0, 0.05) is 141 Å². The van der Waals surface area contributed by atoms with Crippen molar-refractivity contribution in [2.24, 2.45) is 5.73 Å². The quantitative estimate of drug-likeness (QED) is 0.0111. The van der Waals surface area contributed by atoms with Crippen molar-refractivity contribution in [2.75, 3.05) is 86.5 Å². The summed E-state index contributed by atoms with van der Waals surface area (Å²) in [6, 6.07) is 6.95. The van der Waals surface area contributed by atoms with Gasteiger partial charge >= 0.3 is 29.5 Å². The molecule has 10 aliphatic rings. The van der Waals surface area contributed by atoms with Gasteiger partial charge in [0.05, 0.1) is 110 Å². The van der Waals surface area contributed by atoms with Crippen molar-refractivity contribution in [1.29, 1.82) is 0 Å². The number of carbonyl (C=O) groups excluding carboxylic acids is 18. The summed E-state index contributed by atoms with van der Waals surface area (Å²) in [5.41, 5.74) is 5.56. The first kappa shape index (κ1) is 110. The number of nitrogens with one attached hydrogen (secondary N) is 2. The molecule has 10 atom stereocenters. The number of hydrogen-bond acceptors (Lipinski definition) is 31. The number of rotatable bonds is 12. The largest absolute Gasteiger partial charge is 0.505 e. The van der Waals surface area contributed by atoms with Crippen molar-refractivity contribution < 1.29 is 147 Å². The molecule has 14 rings (SSSR count). The van der Waals surface area contributed by atoms with Gasteiger partial charge in [0.25, 0.3) is 23.5 Å². The lowest BCUT2D eigenvalue weighted by Gasteiger charge is -2.46. The van der Waals surface area contributed by atoms with Gasteiger partial charge in [-0.15, -0.1) is 6.42 Å². The lowest BCUT2D eigenvalue weighted by atomic mass is 10.1. The third-order valence-electron chi connectivity index (χ3n) is 20.5. The third-order valence-corrected chi connectivity index (χ3v) is 20.7. The highest BCUT2D eigenvalue weighted by Gasteiger charge is 2.45. The molecule has 8 fully saturated rings. The smallest absolute Gasteiger partial charge is 0.391 e. The van der Waals surface area contributed by atoms with E-state index in [0.29, 0.717) is 83.2 Å². The summed E-state index contributed by atoms with van der Waals surface area (Å²) in [5.74, 6) is -7.02. The molecule has 46 heteroatoms. The lowest BCUT2D eigenvalue weighted by Crippen LogP contribution is -2.61. The van der Waals surface area contributed by atoms with E-state index in [2.05, 4.69) is 89.2 Å². The predicted molar refractivity (Wildman–Crippen MR) is 458 cm³/mol. The first-order valence-electron chi connectivity index (χ1n) is 39.6. The highest BCUT2D eigenvalue weighted by atomic mass is 128. The fourth-order valence-electron chi connectivity index (χ4n) is 14.2. The molecule has 0 aliphatic carbocycles. The number of fused-ring (bicyclic) bond motifs is 7. The van der Waals surface area contributed by atoms with E-state index in [1.165, 1.54) is 81.1 Å². The number of Topliss-reactive ketones (excluding diaryl/α,β-unsaturated/α-hetero) is 4. The molecular weight excluding hydrogens is 1960 g/mol. The molecule has 0 saturated carbocycles. The molecule has 4 aromatic rings. The number of aromatic nitrogens is 2. The number of methoxy groups -OCH3 is 2. The molecule has 2 aromatic heterocycles. The number of piperazine rings is 3. The van der Waals surface area contributed by atoms with Crippen LogP contribution in [0, 0.1) is 35.6 Å². The SMILES string of the molecule is C#CC(=O)OC.CC(=O)/C=C/N1CC(=O)N2[C@H](C)CCO[C@H]2C1.CC(=O)C(=CN1CC(=O)N2[C@H](C)CCO[C@H]2C1)C(C)=O.CC(=O)c1cn2c(c1O)C(=O)N1[C@H](C)CCO[C@H]1C2.COC(=O)C(=O)Cl.C[C@@H]1CCO[C@H]2CNCC(=O)N12.C[C@@H]1CCO[C@H]2Cn3cc(C(=O)C(=O)NCc4ccc(F)cc4F)c(O)c3C(=O)N12.II.NCc1ccc(F)cc1F.O=C=O.O=C=O. The number of carbonyl (C=O) groups is 14. The first-order chi connectivity index (χ1) is 61.1. The van der Waals surface area contributed by atoms with Crippen LogP contribution in [0.25, 0.3) is 0 Å². The maximum Gasteiger partial charge on any atom is 0.391 e. The lowest BCUT2D eigenvalue weighted by molar-refractivity contribution is -0.193. The zero-order chi connectivity index (χ0) is 97.0. The van der Waals surface area contributed by atoms with Crippen LogP contribution in [-0.4, -0.2) is 295 Å². The Morgan fingerprint density at radius 3 is 1.33 bits per heavy atom. The summed E-state index contributed by atoms with van der Waals surface area (Å²) in [6.07, 6.45) is 15.3. The van der Waals surface area contributed by atoms with Crippen LogP contribution in [0.4, 0.5) is 17.6 Å². The van der Waals surface area contributed by atoms with Crippen LogP contribution in [0.15, 0.2) is 72.8 Å². The molecule has 0 spiro atoms. The summed E-state index contributed by atoms with van der Waals surface area (Å²) >= 11 is 8.85. The molecule has 0 bridgehead atoms. The summed E-state index contributed by atoms with van der Waals surface area (Å²) in [7, 11) is 2.32. The number of amides is 6. The van der Waals surface area contributed by atoms with Crippen LogP contribution in [0.2, 0.25) is 0 Å². The molecule has 10 aliphatic heterocycles. The standard InChI is InChI=1S/C20H19F2N3O5.C14H20N2O4.C13H16N2O4.C12H18N2O3.C8H14N2O2.C7H7F2N.C4H4O2.C3H3ClO3.2CO2.I2/c1-10-4-5-30-15-9-24-8-13(17(26)16(24)20(29)25(10)15)18(27)19(28)23-7-11-2-3-12(21)6-14(11)22;1-9-4-5-20-14-8-15(7-13(19)16(9)14)6-12(10(2)17)11(3)18;1-7-3-4-19-10-6-14-5-9(8(2)16)12(17)11(14)13(18)15(7)10;1-9-4-6-17-12-8-13(5-3-10(2)15)7-11(16)14(9)12;1-6-2-3-12-8-5-9-4-7(11)10(6)8;8-6-2-1-5(4-10)7(9)3-6;1-3-4(5)6-2;1-7-3(6)2(4)5;2*2-1-3;1-2/h2-3,6,8,10,15,26H,4-5,7,9H2,1H3,(H,23,28);6,9,14H,4-5,7-8H2,1-3H3;5,7,10,17H,3-4,6H2,1-2H3;3,5,9,12H,4,6-8H2,1-2H3;6,8-9H,2-5H2,1H3;1-3H,4,10H2;1H,2H3;1H3;;;/b;;;5-3+;;;;;;;/t10-,15+;9-,14+;7-,10+;9-,12+;6-,8+;;;;;;/m11111....../s1. The third kappa shape index (κ3) is 31.7. The van der Waals surface area contributed by atoms with E-state index < -0.39 is 70.0 Å². The van der Waals surface area contributed by atoms with Crippen LogP contribution < -0.4 is 16.4 Å². The second-order valence-electron chi connectivity index (χ2n) is 29.3. The molecule has 129 heavy (non-hydrogen) atoms. The second kappa shape index (κ2) is 54.5. The average Bonchev–Trinajstić information content (AvgIpc) is 1.62. The minimum absolute atomic E-state index is 0.00358. The summed E-state index contributed by atoms with van der Waals surface area (Å²) in [6.45, 7) is 22.1. The molecule has 2 aromatic carbocycles. The fraction of sp³-hybridized carbons (Fsp3) is 0.494. The number of allylic oxidation sites excluding steroid dienone is 2. The molecule has 6 amide bonds. The summed E-state index contributed by atoms with van der Waals surface area (Å²) < 4.78 is 90.2. The number of benzene rings is 2. The Bertz CT molecular complexity index is 4830. The number of ketones is 5. The van der Waals surface area contributed by atoms with Crippen molar-refractivity contribution in [3.63, 3.8) is 0 Å². The zero-order valence-corrected chi connectivity index (χ0v) is 77.3. The predicted octanol–water partition coefficient (Wildman–Crippen LogP) is 4.54. The molecular formula is C83H101ClF4I2N12O27. The van der Waals surface area contributed by atoms with Crippen molar-refractivity contribution >= 4 is 143 Å². The number of nitrogens with two attached hydrogens (primary N) is 1. The summed E-state index contributed by atoms with van der Waals surface area (Å²) in [4.78, 5) is 205. The van der Waals surface area contributed by atoms with Crippen LogP contribution in [0.3, 0.4) is 0 Å². The van der Waals surface area contributed by atoms with E-state index in [4.69, 9.17) is 48.6 Å². The minimum Gasteiger partial charge on any atom is -0.505 e. The molecule has 704 valence electrons. The van der Waals surface area contributed by atoms with Crippen molar-refractivity contribution in [1.82, 2.24) is 54.1 Å². The van der Waals surface area contributed by atoms with Crippen LogP contribution in [0.5, 0.6) is 11.5 Å². The highest BCUT2D eigenvalue weighted by Crippen LogP contribution is 2.37. The molecule has 0 unspecified atom stereocenters. The number of ether oxygens (including phenoxy) is 7. The van der Waals surface area contributed by atoms with E-state index in [1.54, 1.807) is 31.4 Å². The molecule has 39 nitrogen and oxygen atoms in total. The van der Waals surface area contributed by atoms with Crippen molar-refractivity contribution in [3.05, 3.63) is 130 Å². The van der Waals surface area contributed by atoms with Gasteiger partial charge in [-0.3, -0.25) is 57.5 Å². The fourth-order valence-corrected chi connectivity index (χ4v) is 14.2. The Balaban J connectivity index is 0.000000317. The first-order valence-corrected chi connectivity index (χ1v) is 46.3. The Morgan fingerprint density at radius 2 is 0.969 bits per heavy atom. The maximum absolute atomic E-state index is 13.7. The van der Waals surface area contributed by atoms with Gasteiger partial charge < -0.3 is 103 Å². The van der Waals surface area contributed by atoms with E-state index in [0.717, 1.165) is 64.1 Å². The molecule has 12 heterocycles. The van der Waals surface area contributed by atoms with Crippen LogP contribution >= 0.6 is 48.8 Å². The van der Waals surface area contributed by atoms with Gasteiger partial charge in [0.2, 0.25) is 17.7 Å². The molecule has 6 N–H and O–H groups in total. The minimum atomic E-state index is -1.09. The molecule has 0 radical (unpaired) electrons. The zero-order valence-electron chi connectivity index (χ0n) is 72.2. The number of halogens is 7. The van der Waals surface area contributed by atoms with E-state index in [-0.39, 0.29) is 174 Å². The van der Waals surface area contributed by atoms with E-state index in [9.17, 15) is 94.9 Å². The van der Waals surface area contributed by atoms with Gasteiger partial charge in [-0.2, -0.15) is 19.2 Å². The van der Waals surface area contributed by atoms with Crippen LogP contribution in [0.1, 0.15) is 147 Å². The second-order valence-corrected chi connectivity index (χ2v) is 29.7. The highest BCUT2D eigenvalue weighted by molar-refractivity contribution is 15.0. The van der Waals surface area contributed by atoms with Gasteiger partial charge in [0.1, 0.15) is 42.0 Å². The monoisotopic (exact) mass is 2060 g/mol. The van der Waals surface area contributed by atoms with Gasteiger partial charge in [-0.1, -0.05) is 12.1 Å². The average molecular weight is 2060 g/mol. The Morgan fingerprint density at radius 1 is 0.581 bits per heavy atom. The van der Waals surface area contributed by atoms with Crippen molar-refractivity contribution in [2.45, 2.75) is 182 Å². The maximum atomic E-state index is 13.7. The number of hydrogen-bond donors (Lipinski definition) is 5. The number of aromatic hydroxyl groups is 2. The number of esters is 2. The topological polar surface area (TPSA) is 495 Å². The Hall–Kier alpha value is -11.0. The summed E-state index contributed by atoms with van der Waals surface area (Å²) in [5, 5.41) is 24.7. The van der Waals surface area contributed by atoms with Crippen LogP contribution in [-0.2, 0) is 126 Å². The van der Waals surface area contributed by atoms with Crippen molar-refractivity contribution in [3.8, 4) is 23.8 Å². The Kier molecular flexibility index (Phi) is 46.6. The van der Waals surface area contributed by atoms with E-state index >= 15 is 0 Å². The van der Waals surface area contributed by atoms with Gasteiger partial charge in [0.15, 0.2) is 58.5 Å². The number of terminal acetylenes is 1. The molecule has 8 saturated heterocycles. The normalized spacial score (nSPS) is 21.6. The van der Waals surface area contributed by atoms with Gasteiger partial charge in [-0.25, -0.2) is 27.2 Å².